The minimum Gasteiger partial charge on any atom is -0.370 e. The molecule has 0 heterocycles. The fraction of sp³-hybridized carbons (Fsp3) is 0.895. The molecule has 158 valence electrons. The Balaban J connectivity index is 2.65. The van der Waals surface area contributed by atoms with Gasteiger partial charge >= 0.3 is 17.6 Å². The monoisotopic (exact) mass is 418 g/mol. The Morgan fingerprint density at radius 3 is 1.04 bits per heavy atom. The van der Waals surface area contributed by atoms with E-state index in [0.717, 1.165) is 19.3 Å². The molecule has 8 heteroatoms. The highest BCUT2D eigenvalue weighted by molar-refractivity contribution is 6.76. The second-order valence-corrected chi connectivity index (χ2v) is 11.8. The minimum absolute atomic E-state index is 0.426. The summed E-state index contributed by atoms with van der Waals surface area (Å²) < 4.78 is 37.8. The van der Waals surface area contributed by atoms with Crippen LogP contribution in [0.5, 0.6) is 0 Å². The van der Waals surface area contributed by atoms with Crippen molar-refractivity contribution in [2.75, 3.05) is 39.6 Å². The fourth-order valence-electron chi connectivity index (χ4n) is 4.63. The summed E-state index contributed by atoms with van der Waals surface area (Å²) in [7, 11) is -6.00. The van der Waals surface area contributed by atoms with Gasteiger partial charge in [-0.15, -0.1) is 0 Å². The molecule has 0 radical (unpaired) electrons. The van der Waals surface area contributed by atoms with Crippen molar-refractivity contribution in [3.8, 4) is 0 Å². The highest BCUT2D eigenvalue weighted by Crippen LogP contribution is 2.55. The Morgan fingerprint density at radius 1 is 0.556 bits per heavy atom. The molecule has 0 aliphatic heterocycles. The van der Waals surface area contributed by atoms with Crippen LogP contribution in [0.3, 0.4) is 0 Å². The van der Waals surface area contributed by atoms with Crippen LogP contribution >= 0.6 is 0 Å². The molecule has 2 rings (SSSR count). The first kappa shape index (κ1) is 23.2. The van der Waals surface area contributed by atoms with E-state index in [9.17, 15) is 0 Å². The van der Waals surface area contributed by atoms with Crippen molar-refractivity contribution >= 4 is 17.6 Å². The largest absolute Gasteiger partial charge is 0.533 e. The molecule has 2 aliphatic rings. The van der Waals surface area contributed by atoms with E-state index < -0.39 is 17.6 Å². The van der Waals surface area contributed by atoms with E-state index in [1.54, 1.807) is 0 Å². The third-order valence-electron chi connectivity index (χ3n) is 5.21. The van der Waals surface area contributed by atoms with Crippen molar-refractivity contribution in [1.29, 1.82) is 0 Å². The lowest BCUT2D eigenvalue weighted by Crippen LogP contribution is -2.56. The van der Waals surface area contributed by atoms with Gasteiger partial charge in [0.1, 0.15) is 0 Å². The minimum atomic E-state index is -3.00. The van der Waals surface area contributed by atoms with E-state index in [1.807, 2.05) is 41.5 Å². The maximum absolute atomic E-state index is 6.30. The molecule has 0 saturated heterocycles. The van der Waals surface area contributed by atoms with Gasteiger partial charge in [-0.25, -0.2) is 0 Å². The number of rotatable bonds is 14. The van der Waals surface area contributed by atoms with Crippen molar-refractivity contribution in [3.05, 3.63) is 10.4 Å². The second-order valence-electron chi connectivity index (χ2n) is 6.74. The number of hydrogen-bond acceptors (Lipinski definition) is 6. The summed E-state index contributed by atoms with van der Waals surface area (Å²) in [5, 5.41) is 2.43. The van der Waals surface area contributed by atoms with Crippen LogP contribution in [0.25, 0.3) is 0 Å². The highest BCUT2D eigenvalue weighted by Gasteiger charge is 2.63. The quantitative estimate of drug-likeness (QED) is 0.399. The molecule has 0 N–H and O–H groups in total. The third-order valence-corrected chi connectivity index (χ3v) is 12.1. The molecule has 0 aromatic heterocycles. The Kier molecular flexibility index (Phi) is 9.15. The molecule has 0 spiro atoms. The lowest BCUT2D eigenvalue weighted by atomic mass is 10.1. The van der Waals surface area contributed by atoms with E-state index in [0.29, 0.717) is 51.5 Å². The SMILES string of the molecule is CCO[Si](OCC)(OCC)C1=C([Si](OCC)(OCC)OCC)[C@@H]2CC[C@@H]1C2. The molecule has 2 bridgehead atoms. The van der Waals surface area contributed by atoms with Crippen LogP contribution in [-0.4, -0.2) is 57.3 Å². The first-order valence-electron chi connectivity index (χ1n) is 10.7. The summed E-state index contributed by atoms with van der Waals surface area (Å²) in [6, 6.07) is 0. The van der Waals surface area contributed by atoms with Gasteiger partial charge in [0.2, 0.25) is 0 Å². The van der Waals surface area contributed by atoms with Gasteiger partial charge in [-0.2, -0.15) is 0 Å². The summed E-state index contributed by atoms with van der Waals surface area (Å²) in [6.07, 6.45) is 3.41. The van der Waals surface area contributed by atoms with Crippen molar-refractivity contribution < 1.29 is 26.6 Å². The Labute approximate surface area is 167 Å². The van der Waals surface area contributed by atoms with Gasteiger partial charge in [0.25, 0.3) is 0 Å². The number of allylic oxidation sites excluding steroid dienone is 2. The predicted molar refractivity (Wildman–Crippen MR) is 109 cm³/mol. The van der Waals surface area contributed by atoms with Crippen LogP contribution in [0.1, 0.15) is 60.8 Å². The van der Waals surface area contributed by atoms with E-state index in [2.05, 4.69) is 0 Å². The molecule has 2 atom stereocenters. The summed E-state index contributed by atoms with van der Waals surface area (Å²) in [5.41, 5.74) is 0. The van der Waals surface area contributed by atoms with Gasteiger partial charge in [0, 0.05) is 50.0 Å². The predicted octanol–water partition coefficient (Wildman–Crippen LogP) is 3.89. The van der Waals surface area contributed by atoms with E-state index >= 15 is 0 Å². The third kappa shape index (κ3) is 4.58. The van der Waals surface area contributed by atoms with Crippen LogP contribution in [0.15, 0.2) is 10.4 Å². The standard InChI is InChI=1S/C19H38O6Si2/c1-7-20-26(21-8-2,22-9-3)18-16-13-14-17(15-16)19(18)27(23-10-4,24-11-5)25-12-6/h16-17H,7-15H2,1-6H3/t16-,17-/m1/s1. The Bertz CT molecular complexity index is 423. The van der Waals surface area contributed by atoms with E-state index in [1.165, 1.54) is 10.4 Å². The molecule has 6 nitrogen and oxygen atoms in total. The zero-order valence-electron chi connectivity index (χ0n) is 18.0. The maximum atomic E-state index is 6.30. The summed E-state index contributed by atoms with van der Waals surface area (Å²) in [4.78, 5) is 0. The molecular formula is C19H38O6Si2. The van der Waals surface area contributed by atoms with Crippen molar-refractivity contribution in [2.24, 2.45) is 11.8 Å². The second kappa shape index (κ2) is 10.6. The molecule has 0 unspecified atom stereocenters. The van der Waals surface area contributed by atoms with Crippen LogP contribution in [0, 0.1) is 11.8 Å². The van der Waals surface area contributed by atoms with Gasteiger partial charge in [0.05, 0.1) is 0 Å². The number of hydrogen-bond donors (Lipinski definition) is 0. The molecule has 0 aromatic carbocycles. The molecular weight excluding hydrogens is 380 g/mol. The number of fused-ring (bicyclic) bond motifs is 2. The molecule has 2 aliphatic carbocycles. The van der Waals surface area contributed by atoms with Gasteiger partial charge in [-0.05, 0) is 72.6 Å². The summed E-state index contributed by atoms with van der Waals surface area (Å²) in [6.45, 7) is 15.4. The van der Waals surface area contributed by atoms with Crippen molar-refractivity contribution in [3.63, 3.8) is 0 Å². The lowest BCUT2D eigenvalue weighted by molar-refractivity contribution is 0.0705. The average molecular weight is 419 g/mol. The zero-order valence-corrected chi connectivity index (χ0v) is 20.0. The van der Waals surface area contributed by atoms with Gasteiger partial charge in [-0.1, -0.05) is 0 Å². The first-order valence-corrected chi connectivity index (χ1v) is 14.1. The van der Waals surface area contributed by atoms with Gasteiger partial charge in [-0.3, -0.25) is 0 Å². The lowest BCUT2D eigenvalue weighted by Gasteiger charge is -2.38. The van der Waals surface area contributed by atoms with Crippen LogP contribution in [-0.2, 0) is 26.6 Å². The van der Waals surface area contributed by atoms with Gasteiger partial charge < -0.3 is 26.6 Å². The zero-order chi connectivity index (χ0) is 19.9. The van der Waals surface area contributed by atoms with Crippen LogP contribution in [0.2, 0.25) is 0 Å². The summed E-state index contributed by atoms with van der Waals surface area (Å²) >= 11 is 0. The van der Waals surface area contributed by atoms with Crippen molar-refractivity contribution in [2.45, 2.75) is 60.8 Å². The van der Waals surface area contributed by atoms with Crippen molar-refractivity contribution in [1.82, 2.24) is 0 Å². The summed E-state index contributed by atoms with van der Waals surface area (Å²) in [5.74, 6) is 0.851. The fourth-order valence-corrected chi connectivity index (χ4v) is 11.9. The Hall–Kier alpha value is -0.0662. The molecule has 0 aromatic rings. The average Bonchev–Trinajstić information content (AvgIpc) is 3.24. The van der Waals surface area contributed by atoms with E-state index in [-0.39, 0.29) is 0 Å². The first-order chi connectivity index (χ1) is 13.1. The van der Waals surface area contributed by atoms with Crippen LogP contribution in [0.4, 0.5) is 0 Å². The van der Waals surface area contributed by atoms with Gasteiger partial charge in [0.15, 0.2) is 0 Å². The molecule has 0 amide bonds. The molecule has 1 fully saturated rings. The highest BCUT2D eigenvalue weighted by atomic mass is 28.4. The molecule has 1 saturated carbocycles. The van der Waals surface area contributed by atoms with Crippen LogP contribution < -0.4 is 0 Å². The Morgan fingerprint density at radius 2 is 0.815 bits per heavy atom. The smallest absolute Gasteiger partial charge is 0.370 e. The maximum Gasteiger partial charge on any atom is 0.533 e. The molecule has 27 heavy (non-hydrogen) atoms. The topological polar surface area (TPSA) is 55.4 Å². The normalized spacial score (nSPS) is 22.9. The van der Waals surface area contributed by atoms with E-state index in [4.69, 9.17) is 26.6 Å².